The molecule has 0 spiro atoms. The maximum Gasteiger partial charge on any atom is 0.302 e. The lowest BCUT2D eigenvalue weighted by Gasteiger charge is -2.27. The fraction of sp³-hybridized carbons (Fsp3) is 0.647. The number of unbranched alkanes of at least 4 members (excludes halogenated alkanes) is 1. The molecule has 24 heavy (non-hydrogen) atoms. The SMILES string of the molecule is CCCCNc1ncc2cnc(C3CCC(OC(C)=O)CC3)n2n1. The van der Waals surface area contributed by atoms with Gasteiger partial charge in [0.2, 0.25) is 5.95 Å². The number of nitrogens with zero attached hydrogens (tertiary/aromatic N) is 4. The van der Waals surface area contributed by atoms with E-state index in [1.165, 1.54) is 6.92 Å². The Morgan fingerprint density at radius 3 is 2.75 bits per heavy atom. The molecule has 130 valence electrons. The molecule has 3 rings (SSSR count). The van der Waals surface area contributed by atoms with Crippen molar-refractivity contribution in [1.29, 1.82) is 0 Å². The first-order valence-corrected chi connectivity index (χ1v) is 8.79. The number of imidazole rings is 1. The highest BCUT2D eigenvalue weighted by atomic mass is 16.5. The lowest BCUT2D eigenvalue weighted by Crippen LogP contribution is -2.23. The zero-order valence-corrected chi connectivity index (χ0v) is 14.4. The Hall–Kier alpha value is -2.18. The second-order valence-electron chi connectivity index (χ2n) is 6.40. The molecule has 7 heteroatoms. The number of carbonyl (C=O) groups is 1. The highest BCUT2D eigenvalue weighted by molar-refractivity contribution is 5.66. The maximum absolute atomic E-state index is 11.1. The van der Waals surface area contributed by atoms with Crippen LogP contribution < -0.4 is 5.32 Å². The Balaban J connectivity index is 1.70. The van der Waals surface area contributed by atoms with E-state index in [-0.39, 0.29) is 12.1 Å². The van der Waals surface area contributed by atoms with Gasteiger partial charge < -0.3 is 10.1 Å². The van der Waals surface area contributed by atoms with Gasteiger partial charge in [0, 0.05) is 19.4 Å². The fourth-order valence-electron chi connectivity index (χ4n) is 3.23. The molecule has 7 nitrogen and oxygen atoms in total. The van der Waals surface area contributed by atoms with Gasteiger partial charge in [0.05, 0.1) is 12.4 Å². The third kappa shape index (κ3) is 3.83. The van der Waals surface area contributed by atoms with E-state index in [1.807, 2.05) is 16.9 Å². The third-order valence-electron chi connectivity index (χ3n) is 4.49. The van der Waals surface area contributed by atoms with E-state index in [2.05, 4.69) is 27.3 Å². The molecule has 0 aromatic carbocycles. The first kappa shape index (κ1) is 16.7. The van der Waals surface area contributed by atoms with Crippen molar-refractivity contribution in [3.63, 3.8) is 0 Å². The van der Waals surface area contributed by atoms with Crippen molar-refractivity contribution in [3.8, 4) is 0 Å². The summed E-state index contributed by atoms with van der Waals surface area (Å²) in [7, 11) is 0. The number of esters is 1. The second-order valence-corrected chi connectivity index (χ2v) is 6.40. The van der Waals surface area contributed by atoms with E-state index in [9.17, 15) is 4.79 Å². The molecule has 0 unspecified atom stereocenters. The summed E-state index contributed by atoms with van der Waals surface area (Å²) in [5.74, 6) is 1.77. The molecule has 0 atom stereocenters. The number of anilines is 1. The van der Waals surface area contributed by atoms with Gasteiger partial charge in [0.15, 0.2) is 0 Å². The van der Waals surface area contributed by atoms with Crippen molar-refractivity contribution in [1.82, 2.24) is 19.6 Å². The minimum absolute atomic E-state index is 0.0471. The number of hydrogen-bond acceptors (Lipinski definition) is 6. The minimum atomic E-state index is -0.194. The lowest BCUT2D eigenvalue weighted by atomic mass is 9.87. The van der Waals surface area contributed by atoms with Crippen LogP contribution in [0.2, 0.25) is 0 Å². The van der Waals surface area contributed by atoms with Gasteiger partial charge >= 0.3 is 5.97 Å². The number of rotatable bonds is 6. The van der Waals surface area contributed by atoms with Crippen LogP contribution >= 0.6 is 0 Å². The quantitative estimate of drug-likeness (QED) is 0.647. The molecular formula is C17H25N5O2. The van der Waals surface area contributed by atoms with Crippen LogP contribution in [0.4, 0.5) is 5.95 Å². The molecule has 2 aromatic heterocycles. The third-order valence-corrected chi connectivity index (χ3v) is 4.49. The summed E-state index contributed by atoms with van der Waals surface area (Å²) < 4.78 is 7.22. The normalized spacial score (nSPS) is 20.9. The van der Waals surface area contributed by atoms with Crippen LogP contribution in [0, 0.1) is 0 Å². The van der Waals surface area contributed by atoms with E-state index < -0.39 is 0 Å². The van der Waals surface area contributed by atoms with Gasteiger partial charge in [0.1, 0.15) is 17.4 Å². The Bertz CT molecular complexity index is 691. The highest BCUT2D eigenvalue weighted by Gasteiger charge is 2.27. The zero-order valence-electron chi connectivity index (χ0n) is 14.4. The number of hydrogen-bond donors (Lipinski definition) is 1. The van der Waals surface area contributed by atoms with Gasteiger partial charge in [-0.2, -0.15) is 0 Å². The van der Waals surface area contributed by atoms with Crippen molar-refractivity contribution in [2.45, 2.75) is 64.4 Å². The summed E-state index contributed by atoms with van der Waals surface area (Å²) in [5, 5.41) is 7.85. The smallest absolute Gasteiger partial charge is 0.302 e. The summed E-state index contributed by atoms with van der Waals surface area (Å²) >= 11 is 0. The molecule has 0 saturated heterocycles. The molecule has 1 saturated carbocycles. The van der Waals surface area contributed by atoms with Crippen molar-refractivity contribution < 1.29 is 9.53 Å². The summed E-state index contributed by atoms with van der Waals surface area (Å²) in [6.07, 6.45) is 9.59. The van der Waals surface area contributed by atoms with Gasteiger partial charge in [-0.25, -0.2) is 14.5 Å². The lowest BCUT2D eigenvalue weighted by molar-refractivity contribution is -0.147. The highest BCUT2D eigenvalue weighted by Crippen LogP contribution is 2.33. The van der Waals surface area contributed by atoms with Gasteiger partial charge in [-0.15, -0.1) is 5.10 Å². The molecular weight excluding hydrogens is 306 g/mol. The Morgan fingerprint density at radius 2 is 2.04 bits per heavy atom. The first-order chi connectivity index (χ1) is 11.7. The summed E-state index contributed by atoms with van der Waals surface area (Å²) in [6, 6.07) is 0. The summed E-state index contributed by atoms with van der Waals surface area (Å²) in [6.45, 7) is 4.50. The monoisotopic (exact) mass is 331 g/mol. The molecule has 2 aromatic rings. The maximum atomic E-state index is 11.1. The molecule has 1 aliphatic rings. The van der Waals surface area contributed by atoms with Crippen LogP contribution in [0.1, 0.15) is 64.1 Å². The molecule has 0 amide bonds. The predicted octanol–water partition coefficient (Wildman–Crippen LogP) is 2.93. The van der Waals surface area contributed by atoms with Crippen LogP contribution in [0.15, 0.2) is 12.4 Å². The molecule has 0 aliphatic heterocycles. The zero-order chi connectivity index (χ0) is 16.9. The standard InChI is InChI=1S/C17H25N5O2/c1-3-4-9-18-17-20-11-14-10-19-16(22(14)21-17)13-5-7-15(8-6-13)24-12(2)23/h10-11,13,15H,3-9H2,1-2H3,(H,18,21). The minimum Gasteiger partial charge on any atom is -0.463 e. The van der Waals surface area contributed by atoms with Crippen molar-refractivity contribution in [2.24, 2.45) is 0 Å². The Kier molecular flexibility index (Phi) is 5.27. The number of fused-ring (bicyclic) bond motifs is 1. The van der Waals surface area contributed by atoms with Crippen LogP contribution in [-0.2, 0) is 9.53 Å². The molecule has 0 radical (unpaired) electrons. The summed E-state index contributed by atoms with van der Waals surface area (Å²) in [5.41, 5.74) is 0.910. The van der Waals surface area contributed by atoms with E-state index >= 15 is 0 Å². The first-order valence-electron chi connectivity index (χ1n) is 8.79. The number of carbonyl (C=O) groups excluding carboxylic acids is 1. The molecule has 1 aliphatic carbocycles. The Labute approximate surface area is 141 Å². The van der Waals surface area contributed by atoms with Crippen LogP contribution in [0.5, 0.6) is 0 Å². The number of nitrogens with one attached hydrogen (secondary N) is 1. The van der Waals surface area contributed by atoms with E-state index in [4.69, 9.17) is 4.74 Å². The average molecular weight is 331 g/mol. The van der Waals surface area contributed by atoms with Gasteiger partial charge in [0.25, 0.3) is 0 Å². The number of aromatic nitrogens is 4. The van der Waals surface area contributed by atoms with Crippen LogP contribution in [-0.4, -0.2) is 38.2 Å². The molecule has 1 N–H and O–H groups in total. The van der Waals surface area contributed by atoms with Crippen molar-refractivity contribution >= 4 is 17.4 Å². The van der Waals surface area contributed by atoms with Gasteiger partial charge in [-0.05, 0) is 32.1 Å². The molecule has 2 heterocycles. The molecule has 1 fully saturated rings. The number of ether oxygens (including phenoxy) is 1. The van der Waals surface area contributed by atoms with E-state index in [0.29, 0.717) is 11.9 Å². The fourth-order valence-corrected chi connectivity index (χ4v) is 3.23. The van der Waals surface area contributed by atoms with E-state index in [1.54, 1.807) is 0 Å². The van der Waals surface area contributed by atoms with Gasteiger partial charge in [-0.3, -0.25) is 4.79 Å². The second kappa shape index (κ2) is 7.59. The predicted molar refractivity (Wildman–Crippen MR) is 90.9 cm³/mol. The Morgan fingerprint density at radius 1 is 1.29 bits per heavy atom. The largest absolute Gasteiger partial charge is 0.463 e. The van der Waals surface area contributed by atoms with Crippen LogP contribution in [0.3, 0.4) is 0 Å². The van der Waals surface area contributed by atoms with Crippen molar-refractivity contribution in [3.05, 3.63) is 18.2 Å². The van der Waals surface area contributed by atoms with Crippen LogP contribution in [0.25, 0.3) is 5.52 Å². The van der Waals surface area contributed by atoms with E-state index in [0.717, 1.165) is 56.4 Å². The topological polar surface area (TPSA) is 81.4 Å². The summed E-state index contributed by atoms with van der Waals surface area (Å²) in [4.78, 5) is 20.0. The van der Waals surface area contributed by atoms with Gasteiger partial charge in [-0.1, -0.05) is 13.3 Å². The average Bonchev–Trinajstić information content (AvgIpc) is 2.98. The van der Waals surface area contributed by atoms with Crippen molar-refractivity contribution in [2.75, 3.05) is 11.9 Å². The molecule has 0 bridgehead atoms.